The van der Waals surface area contributed by atoms with Gasteiger partial charge in [-0.15, -0.1) is 0 Å². The van der Waals surface area contributed by atoms with Gasteiger partial charge in [-0.3, -0.25) is 9.59 Å². The van der Waals surface area contributed by atoms with Crippen LogP contribution in [-0.2, 0) is 31.9 Å². The summed E-state index contributed by atoms with van der Waals surface area (Å²) >= 11 is 0. The number of hydrogen-bond donors (Lipinski definition) is 1. The molecule has 7 heteroatoms. The van der Waals surface area contributed by atoms with Crippen molar-refractivity contribution in [3.05, 3.63) is 71.3 Å². The highest BCUT2D eigenvalue weighted by molar-refractivity contribution is 5.87. The molecule has 2 unspecified atom stereocenters. The Morgan fingerprint density at radius 2 is 1.41 bits per heavy atom. The molecule has 6 nitrogen and oxygen atoms in total. The molecule has 2 aromatic rings. The summed E-state index contributed by atoms with van der Waals surface area (Å²) in [6, 6.07) is 16.6. The predicted molar refractivity (Wildman–Crippen MR) is 123 cm³/mol. The highest BCUT2D eigenvalue weighted by Gasteiger charge is 2.20. The second kappa shape index (κ2) is 14.2. The molecule has 0 heterocycles. The van der Waals surface area contributed by atoms with Gasteiger partial charge in [0.25, 0.3) is 0 Å². The molecule has 2 rings (SSSR count). The van der Waals surface area contributed by atoms with Crippen molar-refractivity contribution in [1.82, 2.24) is 0 Å². The minimum atomic E-state index is -0.977. The first-order valence-electron chi connectivity index (χ1n) is 10.4. The van der Waals surface area contributed by atoms with E-state index in [4.69, 9.17) is 14.6 Å². The van der Waals surface area contributed by atoms with Gasteiger partial charge in [0.15, 0.2) is 0 Å². The quantitative estimate of drug-likeness (QED) is 0.378. The van der Waals surface area contributed by atoms with Crippen molar-refractivity contribution >= 4 is 26.1 Å². The van der Waals surface area contributed by atoms with Gasteiger partial charge in [0.1, 0.15) is 11.9 Å². The standard InChI is InChI=1S/C25H30O6.B/c1-18(26)16-23(15-11-20-8-12-21(13-9-20)25(28)29)31-24(27)17-22(30-2)14-10-19-6-4-3-5-7-19;/h3-9,12-13,22-23H,10-11,14-17H2,1-2H3,(H,28,29);. The van der Waals surface area contributed by atoms with Gasteiger partial charge in [0, 0.05) is 21.9 Å². The van der Waals surface area contributed by atoms with Crippen molar-refractivity contribution in [3.63, 3.8) is 0 Å². The molecule has 32 heavy (non-hydrogen) atoms. The number of aromatic carboxylic acids is 1. The zero-order chi connectivity index (χ0) is 22.6. The van der Waals surface area contributed by atoms with Crippen molar-refractivity contribution in [2.75, 3.05) is 7.11 Å². The van der Waals surface area contributed by atoms with E-state index in [1.807, 2.05) is 30.3 Å². The van der Waals surface area contributed by atoms with Crippen molar-refractivity contribution < 1.29 is 29.0 Å². The van der Waals surface area contributed by atoms with E-state index in [2.05, 4.69) is 0 Å². The third-order valence-corrected chi connectivity index (χ3v) is 5.09. The Kier molecular flexibility index (Phi) is 12.0. The molecule has 2 aromatic carbocycles. The Morgan fingerprint density at radius 3 is 1.94 bits per heavy atom. The Bertz CT molecular complexity index is 850. The molecule has 0 aromatic heterocycles. The van der Waals surface area contributed by atoms with Crippen molar-refractivity contribution in [1.29, 1.82) is 0 Å². The Morgan fingerprint density at radius 1 is 0.844 bits per heavy atom. The molecular formula is C25H30BO6. The lowest BCUT2D eigenvalue weighted by atomic mass is 10.0. The molecule has 0 aliphatic carbocycles. The fourth-order valence-electron chi connectivity index (χ4n) is 3.36. The van der Waals surface area contributed by atoms with E-state index in [9.17, 15) is 14.4 Å². The second-order valence-corrected chi connectivity index (χ2v) is 7.64. The summed E-state index contributed by atoms with van der Waals surface area (Å²) in [6.45, 7) is 1.47. The van der Waals surface area contributed by atoms with E-state index in [0.717, 1.165) is 12.0 Å². The number of esters is 1. The monoisotopic (exact) mass is 437 g/mol. The van der Waals surface area contributed by atoms with Gasteiger partial charge in [-0.2, -0.15) is 0 Å². The van der Waals surface area contributed by atoms with Crippen LogP contribution in [0.25, 0.3) is 0 Å². The summed E-state index contributed by atoms with van der Waals surface area (Å²) in [5, 5.41) is 8.98. The van der Waals surface area contributed by atoms with Gasteiger partial charge < -0.3 is 14.6 Å². The van der Waals surface area contributed by atoms with Crippen LogP contribution in [0.4, 0.5) is 0 Å². The predicted octanol–water partition coefficient (Wildman–Crippen LogP) is 3.87. The molecule has 0 saturated heterocycles. The lowest BCUT2D eigenvalue weighted by Gasteiger charge is -2.19. The minimum absolute atomic E-state index is 0. The normalized spacial score (nSPS) is 12.3. The van der Waals surface area contributed by atoms with E-state index in [1.54, 1.807) is 31.4 Å². The van der Waals surface area contributed by atoms with Crippen LogP contribution < -0.4 is 0 Å². The number of methoxy groups -OCH3 is 1. The molecule has 0 aliphatic heterocycles. The molecule has 0 aliphatic rings. The van der Waals surface area contributed by atoms with Crippen LogP contribution in [0, 0.1) is 0 Å². The summed E-state index contributed by atoms with van der Waals surface area (Å²) in [4.78, 5) is 35.0. The van der Waals surface area contributed by atoms with Crippen LogP contribution in [0.3, 0.4) is 0 Å². The smallest absolute Gasteiger partial charge is 0.335 e. The minimum Gasteiger partial charge on any atom is -0.478 e. The zero-order valence-corrected chi connectivity index (χ0v) is 18.7. The van der Waals surface area contributed by atoms with Gasteiger partial charge in [0.2, 0.25) is 0 Å². The van der Waals surface area contributed by atoms with Gasteiger partial charge in [0.05, 0.1) is 18.1 Å². The first-order chi connectivity index (χ1) is 14.9. The fraction of sp³-hybridized carbons (Fsp3) is 0.400. The maximum atomic E-state index is 12.5. The van der Waals surface area contributed by atoms with Gasteiger partial charge in [-0.1, -0.05) is 42.5 Å². The molecule has 0 fully saturated rings. The summed E-state index contributed by atoms with van der Waals surface area (Å²) in [6.07, 6.45) is 2.07. The molecule has 3 radical (unpaired) electrons. The second-order valence-electron chi connectivity index (χ2n) is 7.64. The number of benzene rings is 2. The topological polar surface area (TPSA) is 89.9 Å². The average Bonchev–Trinajstić information content (AvgIpc) is 2.75. The zero-order valence-electron chi connectivity index (χ0n) is 18.7. The molecule has 1 N–H and O–H groups in total. The maximum Gasteiger partial charge on any atom is 0.335 e. The third-order valence-electron chi connectivity index (χ3n) is 5.09. The number of carboxylic acid groups (broad SMARTS) is 1. The van der Waals surface area contributed by atoms with Crippen LogP contribution in [-0.4, -0.2) is 50.6 Å². The van der Waals surface area contributed by atoms with Crippen LogP contribution >= 0.6 is 0 Å². The summed E-state index contributed by atoms with van der Waals surface area (Å²) in [5.74, 6) is -1.41. The van der Waals surface area contributed by atoms with Crippen molar-refractivity contribution in [3.8, 4) is 0 Å². The first-order valence-corrected chi connectivity index (χ1v) is 10.4. The van der Waals surface area contributed by atoms with Gasteiger partial charge in [-0.25, -0.2) is 4.79 Å². The van der Waals surface area contributed by atoms with Crippen LogP contribution in [0.1, 0.15) is 54.1 Å². The average molecular weight is 437 g/mol. The number of hydrogen-bond acceptors (Lipinski definition) is 5. The third kappa shape index (κ3) is 9.92. The number of carbonyl (C=O) groups excluding carboxylic acids is 2. The van der Waals surface area contributed by atoms with E-state index in [0.29, 0.717) is 19.3 Å². The number of ether oxygens (including phenoxy) is 2. The highest BCUT2D eigenvalue weighted by atomic mass is 16.5. The Balaban J connectivity index is 0.00000512. The highest BCUT2D eigenvalue weighted by Crippen LogP contribution is 2.16. The molecule has 0 bridgehead atoms. The van der Waals surface area contributed by atoms with Gasteiger partial charge >= 0.3 is 11.9 Å². The number of ketones is 1. The first kappa shape index (κ1) is 27.1. The molecular weight excluding hydrogens is 407 g/mol. The maximum absolute atomic E-state index is 12.5. The molecule has 2 atom stereocenters. The largest absolute Gasteiger partial charge is 0.478 e. The van der Waals surface area contributed by atoms with Gasteiger partial charge in [-0.05, 0) is 55.9 Å². The molecule has 169 valence electrons. The molecule has 0 spiro atoms. The summed E-state index contributed by atoms with van der Waals surface area (Å²) < 4.78 is 11.0. The molecule has 0 amide bonds. The van der Waals surface area contributed by atoms with Crippen LogP contribution in [0.5, 0.6) is 0 Å². The van der Waals surface area contributed by atoms with Crippen LogP contribution in [0.2, 0.25) is 0 Å². The van der Waals surface area contributed by atoms with E-state index in [-0.39, 0.29) is 44.7 Å². The van der Waals surface area contributed by atoms with E-state index in [1.165, 1.54) is 12.5 Å². The van der Waals surface area contributed by atoms with Crippen LogP contribution in [0.15, 0.2) is 54.6 Å². The lowest BCUT2D eigenvalue weighted by molar-refractivity contribution is -0.153. The Hall–Kier alpha value is -2.93. The number of aryl methyl sites for hydroxylation is 2. The SMILES string of the molecule is COC(CCc1ccccc1)CC(=O)OC(CCc1ccc(C(=O)O)cc1)CC(C)=O.[B]. The van der Waals surface area contributed by atoms with E-state index >= 15 is 0 Å². The number of carbonyl (C=O) groups is 3. The number of Topliss-reactive ketones (excluding diaryl/α,β-unsaturated/α-hetero) is 1. The van der Waals surface area contributed by atoms with Crippen molar-refractivity contribution in [2.45, 2.75) is 57.7 Å². The van der Waals surface area contributed by atoms with E-state index < -0.39 is 12.1 Å². The van der Waals surface area contributed by atoms with Crippen molar-refractivity contribution in [2.24, 2.45) is 0 Å². The Labute approximate surface area is 191 Å². The number of rotatable bonds is 13. The summed E-state index contributed by atoms with van der Waals surface area (Å²) in [5.41, 5.74) is 2.32. The number of carboxylic acids is 1. The molecule has 0 saturated carbocycles. The fourth-order valence-corrected chi connectivity index (χ4v) is 3.36. The lowest BCUT2D eigenvalue weighted by Crippen LogP contribution is -2.25. The summed E-state index contributed by atoms with van der Waals surface area (Å²) in [7, 11) is 1.58.